The molecule has 0 radical (unpaired) electrons. The molecule has 1 aliphatic carbocycles. The van der Waals surface area contributed by atoms with E-state index >= 15 is 0 Å². The minimum Gasteiger partial charge on any atom is -0.480 e. The highest BCUT2D eigenvalue weighted by Gasteiger charge is 2.40. The van der Waals surface area contributed by atoms with Crippen molar-refractivity contribution in [3.8, 4) is 0 Å². The molecule has 0 bridgehead atoms. The predicted molar refractivity (Wildman–Crippen MR) is 66.0 cm³/mol. The van der Waals surface area contributed by atoms with Gasteiger partial charge < -0.3 is 9.84 Å². The minimum absolute atomic E-state index is 0.180. The first-order valence-corrected chi connectivity index (χ1v) is 5.69. The van der Waals surface area contributed by atoms with Gasteiger partial charge in [0, 0.05) is 6.42 Å². The molecule has 4 heteroatoms. The fourth-order valence-corrected chi connectivity index (χ4v) is 2.23. The summed E-state index contributed by atoms with van der Waals surface area (Å²) in [6, 6.07) is 7.38. The standard InChI is InChI=1S/C14H14O4/c1-10(15)14(18-9-13(16)17)8-4-6-11-5-2-3-7-12(11)14/h2-7H,8-9H2,1H3,(H,16,17). The molecule has 0 fully saturated rings. The van der Waals surface area contributed by atoms with Crippen LogP contribution in [0.1, 0.15) is 24.5 Å². The number of benzene rings is 1. The molecule has 4 nitrogen and oxygen atoms in total. The number of hydrogen-bond donors (Lipinski definition) is 1. The van der Waals surface area contributed by atoms with Crippen LogP contribution < -0.4 is 0 Å². The summed E-state index contributed by atoms with van der Waals surface area (Å²) in [5.41, 5.74) is 0.467. The lowest BCUT2D eigenvalue weighted by molar-refractivity contribution is -0.157. The number of ether oxygens (including phenoxy) is 1. The van der Waals surface area contributed by atoms with E-state index in [1.165, 1.54) is 6.92 Å². The molecular weight excluding hydrogens is 232 g/mol. The molecule has 0 aliphatic heterocycles. The maximum atomic E-state index is 11.9. The fraction of sp³-hybridized carbons (Fsp3) is 0.286. The Morgan fingerprint density at radius 2 is 2.11 bits per heavy atom. The third-order valence-corrected chi connectivity index (χ3v) is 3.11. The molecule has 0 aromatic heterocycles. The maximum absolute atomic E-state index is 11.9. The van der Waals surface area contributed by atoms with Gasteiger partial charge in [0.25, 0.3) is 0 Å². The Balaban J connectivity index is 2.45. The van der Waals surface area contributed by atoms with E-state index in [1.807, 2.05) is 36.4 Å². The van der Waals surface area contributed by atoms with Crippen molar-refractivity contribution in [2.75, 3.05) is 6.61 Å². The molecule has 1 atom stereocenters. The monoisotopic (exact) mass is 246 g/mol. The third-order valence-electron chi connectivity index (χ3n) is 3.11. The molecule has 0 saturated carbocycles. The topological polar surface area (TPSA) is 63.6 Å². The van der Waals surface area contributed by atoms with Crippen molar-refractivity contribution < 1.29 is 19.4 Å². The zero-order valence-electron chi connectivity index (χ0n) is 10.1. The van der Waals surface area contributed by atoms with Crippen molar-refractivity contribution in [2.45, 2.75) is 18.9 Å². The van der Waals surface area contributed by atoms with Gasteiger partial charge in [-0.1, -0.05) is 36.4 Å². The highest BCUT2D eigenvalue weighted by molar-refractivity contribution is 5.89. The zero-order chi connectivity index (χ0) is 13.2. The number of aliphatic carboxylic acids is 1. The lowest BCUT2D eigenvalue weighted by Gasteiger charge is -2.34. The normalized spacial score (nSPS) is 21.4. The van der Waals surface area contributed by atoms with Crippen molar-refractivity contribution in [1.29, 1.82) is 0 Å². The SMILES string of the molecule is CC(=O)C1(OCC(=O)O)CC=Cc2ccccc21. The van der Waals surface area contributed by atoms with E-state index in [4.69, 9.17) is 9.84 Å². The van der Waals surface area contributed by atoms with Crippen LogP contribution >= 0.6 is 0 Å². The first kappa shape index (κ1) is 12.5. The summed E-state index contributed by atoms with van der Waals surface area (Å²) in [6.07, 6.45) is 4.12. The lowest BCUT2D eigenvalue weighted by Crippen LogP contribution is -2.40. The van der Waals surface area contributed by atoms with E-state index < -0.39 is 18.2 Å². The number of carboxylic acid groups (broad SMARTS) is 1. The number of carbonyl (C=O) groups is 2. The van der Waals surface area contributed by atoms with Gasteiger partial charge in [-0.15, -0.1) is 0 Å². The summed E-state index contributed by atoms with van der Waals surface area (Å²) < 4.78 is 5.42. The number of hydrogen-bond acceptors (Lipinski definition) is 3. The summed E-state index contributed by atoms with van der Waals surface area (Å²) in [4.78, 5) is 22.6. The molecule has 1 unspecified atom stereocenters. The van der Waals surface area contributed by atoms with Gasteiger partial charge in [0.05, 0.1) is 0 Å². The molecule has 18 heavy (non-hydrogen) atoms. The van der Waals surface area contributed by atoms with Crippen LogP contribution in [0.15, 0.2) is 30.3 Å². The fourth-order valence-electron chi connectivity index (χ4n) is 2.23. The second kappa shape index (κ2) is 4.74. The largest absolute Gasteiger partial charge is 0.480 e. The molecule has 94 valence electrons. The lowest BCUT2D eigenvalue weighted by atomic mass is 9.80. The minimum atomic E-state index is -1.16. The van der Waals surface area contributed by atoms with Gasteiger partial charge in [0.2, 0.25) is 0 Å². The third kappa shape index (κ3) is 2.07. The van der Waals surface area contributed by atoms with Crippen LogP contribution in [-0.4, -0.2) is 23.5 Å². The number of fused-ring (bicyclic) bond motifs is 1. The number of carbonyl (C=O) groups excluding carboxylic acids is 1. The van der Waals surface area contributed by atoms with Gasteiger partial charge >= 0.3 is 5.97 Å². The number of Topliss-reactive ketones (excluding diaryl/α,β-unsaturated/α-hetero) is 1. The summed E-state index contributed by atoms with van der Waals surface area (Å²) in [5, 5.41) is 8.73. The van der Waals surface area contributed by atoms with E-state index in [9.17, 15) is 9.59 Å². The van der Waals surface area contributed by atoms with E-state index in [0.717, 1.165) is 11.1 Å². The van der Waals surface area contributed by atoms with Crippen LogP contribution in [-0.2, 0) is 19.9 Å². The van der Waals surface area contributed by atoms with Crippen LogP contribution in [0.4, 0.5) is 0 Å². The van der Waals surface area contributed by atoms with E-state index in [-0.39, 0.29) is 5.78 Å². The maximum Gasteiger partial charge on any atom is 0.329 e. The molecule has 0 spiro atoms. The van der Waals surface area contributed by atoms with Crippen molar-refractivity contribution >= 4 is 17.8 Å². The molecule has 1 aromatic rings. The second-order valence-electron chi connectivity index (χ2n) is 4.26. The Kier molecular flexibility index (Phi) is 3.30. The van der Waals surface area contributed by atoms with E-state index in [2.05, 4.69) is 0 Å². The Morgan fingerprint density at radius 1 is 1.39 bits per heavy atom. The van der Waals surface area contributed by atoms with E-state index in [0.29, 0.717) is 6.42 Å². The first-order valence-electron chi connectivity index (χ1n) is 5.69. The predicted octanol–water partition coefficient (Wildman–Crippen LogP) is 1.99. The van der Waals surface area contributed by atoms with Gasteiger partial charge in [-0.25, -0.2) is 4.79 Å². The highest BCUT2D eigenvalue weighted by Crippen LogP contribution is 2.37. The van der Waals surface area contributed by atoms with Crippen LogP contribution in [0.25, 0.3) is 6.08 Å². The molecule has 1 aliphatic rings. The number of carboxylic acids is 1. The van der Waals surface area contributed by atoms with Crippen LogP contribution in [0.2, 0.25) is 0 Å². The van der Waals surface area contributed by atoms with Gasteiger partial charge in [-0.3, -0.25) is 4.79 Å². The Bertz CT molecular complexity index is 518. The molecular formula is C14H14O4. The van der Waals surface area contributed by atoms with Crippen LogP contribution in [0.5, 0.6) is 0 Å². The number of ketones is 1. The highest BCUT2D eigenvalue weighted by atomic mass is 16.5. The molecule has 1 N–H and O–H groups in total. The molecule has 0 heterocycles. The Labute approximate surface area is 105 Å². The molecule has 1 aromatic carbocycles. The Hall–Kier alpha value is -1.94. The Morgan fingerprint density at radius 3 is 2.78 bits per heavy atom. The van der Waals surface area contributed by atoms with Crippen LogP contribution in [0, 0.1) is 0 Å². The van der Waals surface area contributed by atoms with Crippen molar-refractivity contribution in [1.82, 2.24) is 0 Å². The first-order chi connectivity index (χ1) is 8.56. The molecule has 0 saturated heterocycles. The van der Waals surface area contributed by atoms with Crippen LogP contribution in [0.3, 0.4) is 0 Å². The average Bonchev–Trinajstić information content (AvgIpc) is 2.36. The van der Waals surface area contributed by atoms with Crippen molar-refractivity contribution in [2.24, 2.45) is 0 Å². The second-order valence-corrected chi connectivity index (χ2v) is 4.26. The van der Waals surface area contributed by atoms with Crippen molar-refractivity contribution in [3.63, 3.8) is 0 Å². The van der Waals surface area contributed by atoms with Gasteiger partial charge in [-0.05, 0) is 18.1 Å². The van der Waals surface area contributed by atoms with E-state index in [1.54, 1.807) is 0 Å². The molecule has 0 amide bonds. The average molecular weight is 246 g/mol. The summed E-state index contributed by atoms with van der Waals surface area (Å²) >= 11 is 0. The van der Waals surface area contributed by atoms with Gasteiger partial charge in [0.1, 0.15) is 6.61 Å². The van der Waals surface area contributed by atoms with Gasteiger partial charge in [-0.2, -0.15) is 0 Å². The molecule has 2 rings (SSSR count). The quantitative estimate of drug-likeness (QED) is 0.882. The zero-order valence-corrected chi connectivity index (χ0v) is 10.1. The summed E-state index contributed by atoms with van der Waals surface area (Å²) in [6.45, 7) is 0.944. The number of rotatable bonds is 4. The van der Waals surface area contributed by atoms with Gasteiger partial charge in [0.15, 0.2) is 11.4 Å². The smallest absolute Gasteiger partial charge is 0.329 e. The summed E-state index contributed by atoms with van der Waals surface area (Å²) in [7, 11) is 0. The summed E-state index contributed by atoms with van der Waals surface area (Å²) in [5.74, 6) is -1.26. The van der Waals surface area contributed by atoms with Crippen molar-refractivity contribution in [3.05, 3.63) is 41.5 Å².